The Hall–Kier alpha value is -2.78. The number of ether oxygens (including phenoxy) is 2. The zero-order valence-corrected chi connectivity index (χ0v) is 19.2. The number of sulfonamides is 1. The normalized spacial score (nSPS) is 12.0. The van der Waals surface area contributed by atoms with Gasteiger partial charge in [-0.1, -0.05) is 18.2 Å². The van der Waals surface area contributed by atoms with E-state index in [9.17, 15) is 8.42 Å². The summed E-state index contributed by atoms with van der Waals surface area (Å²) >= 11 is 0. The Morgan fingerprint density at radius 2 is 1.73 bits per heavy atom. The van der Waals surface area contributed by atoms with Crippen molar-refractivity contribution in [2.75, 3.05) is 42.4 Å². The lowest BCUT2D eigenvalue weighted by Crippen LogP contribution is -2.38. The van der Waals surface area contributed by atoms with Gasteiger partial charge < -0.3 is 19.7 Å². The van der Waals surface area contributed by atoms with Gasteiger partial charge in [0.1, 0.15) is 11.5 Å². The first-order chi connectivity index (χ1) is 14.2. The molecule has 0 radical (unpaired) electrons. The zero-order valence-electron chi connectivity index (χ0n) is 18.3. The fourth-order valence-corrected chi connectivity index (χ4v) is 4.09. The lowest BCUT2D eigenvalue weighted by molar-refractivity contribution is 0.382. The van der Waals surface area contributed by atoms with Crippen LogP contribution < -0.4 is 14.8 Å². The van der Waals surface area contributed by atoms with E-state index in [1.807, 2.05) is 36.2 Å². The molecule has 0 amide bonds. The number of methoxy groups -OCH3 is 2. The van der Waals surface area contributed by atoms with E-state index < -0.39 is 10.0 Å². The minimum Gasteiger partial charge on any atom is -0.497 e. The SMILES string of the molecule is CN=C(NCc1ccccc1S(=O)(=O)N(C)C)N(C)Cc1ccc(OC)cc1OC. The van der Waals surface area contributed by atoms with Gasteiger partial charge in [-0.15, -0.1) is 0 Å². The Labute approximate surface area is 179 Å². The van der Waals surface area contributed by atoms with Gasteiger partial charge in [0, 0.05) is 52.9 Å². The minimum atomic E-state index is -3.54. The van der Waals surface area contributed by atoms with Gasteiger partial charge in [0.25, 0.3) is 0 Å². The summed E-state index contributed by atoms with van der Waals surface area (Å²) in [6, 6.07) is 12.6. The molecule has 0 aromatic heterocycles. The number of guanidine groups is 1. The van der Waals surface area contributed by atoms with Crippen molar-refractivity contribution in [3.8, 4) is 11.5 Å². The maximum absolute atomic E-state index is 12.6. The van der Waals surface area contributed by atoms with Crippen LogP contribution >= 0.6 is 0 Å². The topological polar surface area (TPSA) is 83.5 Å². The molecule has 8 nitrogen and oxygen atoms in total. The van der Waals surface area contributed by atoms with Crippen molar-refractivity contribution in [3.05, 3.63) is 53.6 Å². The molecule has 0 fully saturated rings. The molecule has 0 saturated carbocycles. The van der Waals surface area contributed by atoms with Gasteiger partial charge in [-0.3, -0.25) is 4.99 Å². The van der Waals surface area contributed by atoms with Gasteiger partial charge in [0.15, 0.2) is 5.96 Å². The van der Waals surface area contributed by atoms with E-state index in [2.05, 4.69) is 10.3 Å². The lowest BCUT2D eigenvalue weighted by atomic mass is 10.2. The second kappa shape index (κ2) is 10.3. The van der Waals surface area contributed by atoms with Crippen molar-refractivity contribution in [3.63, 3.8) is 0 Å². The molecular weight excluding hydrogens is 404 g/mol. The highest BCUT2D eigenvalue weighted by Gasteiger charge is 2.21. The fourth-order valence-electron chi connectivity index (χ4n) is 2.97. The number of rotatable bonds is 8. The highest BCUT2D eigenvalue weighted by Crippen LogP contribution is 2.25. The van der Waals surface area contributed by atoms with Crippen LogP contribution in [0.3, 0.4) is 0 Å². The van der Waals surface area contributed by atoms with Gasteiger partial charge >= 0.3 is 0 Å². The van der Waals surface area contributed by atoms with Crippen LogP contribution in [0.15, 0.2) is 52.4 Å². The molecule has 0 bridgehead atoms. The van der Waals surface area contributed by atoms with Crippen molar-refractivity contribution >= 4 is 16.0 Å². The molecule has 2 aromatic carbocycles. The number of hydrogen-bond acceptors (Lipinski definition) is 5. The third-order valence-electron chi connectivity index (χ3n) is 4.64. The maximum Gasteiger partial charge on any atom is 0.242 e. The summed E-state index contributed by atoms with van der Waals surface area (Å²) in [6.07, 6.45) is 0. The van der Waals surface area contributed by atoms with E-state index in [1.54, 1.807) is 39.5 Å². The molecule has 0 spiro atoms. The molecule has 0 heterocycles. The van der Waals surface area contributed by atoms with Gasteiger partial charge in [0.2, 0.25) is 10.0 Å². The van der Waals surface area contributed by atoms with E-state index >= 15 is 0 Å². The summed E-state index contributed by atoms with van der Waals surface area (Å²) in [5.74, 6) is 2.07. The Bertz CT molecular complexity index is 990. The van der Waals surface area contributed by atoms with Crippen molar-refractivity contribution < 1.29 is 17.9 Å². The predicted molar refractivity (Wildman–Crippen MR) is 119 cm³/mol. The first-order valence-electron chi connectivity index (χ1n) is 9.37. The van der Waals surface area contributed by atoms with Crippen LogP contribution in [0.25, 0.3) is 0 Å². The second-order valence-corrected chi connectivity index (χ2v) is 8.95. The monoisotopic (exact) mass is 434 g/mol. The summed E-state index contributed by atoms with van der Waals surface area (Å²) < 4.78 is 37.1. The predicted octanol–water partition coefficient (Wildman–Crippen LogP) is 2.16. The minimum absolute atomic E-state index is 0.275. The van der Waals surface area contributed by atoms with Crippen LogP contribution in [-0.4, -0.2) is 66.0 Å². The molecule has 2 rings (SSSR count). The largest absolute Gasteiger partial charge is 0.497 e. The summed E-state index contributed by atoms with van der Waals surface area (Å²) in [5, 5.41) is 3.24. The molecule has 0 aliphatic carbocycles. The summed E-state index contributed by atoms with van der Waals surface area (Å²) in [4.78, 5) is 6.53. The molecule has 30 heavy (non-hydrogen) atoms. The number of aliphatic imine (C=N–C) groups is 1. The van der Waals surface area contributed by atoms with Gasteiger partial charge in [-0.25, -0.2) is 12.7 Å². The average molecular weight is 435 g/mol. The first-order valence-corrected chi connectivity index (χ1v) is 10.8. The summed E-state index contributed by atoms with van der Waals surface area (Å²) in [6.45, 7) is 0.866. The van der Waals surface area contributed by atoms with Crippen molar-refractivity contribution in [2.45, 2.75) is 18.0 Å². The smallest absolute Gasteiger partial charge is 0.242 e. The molecular formula is C21H30N4O4S. The van der Waals surface area contributed by atoms with Crippen LogP contribution in [0.4, 0.5) is 0 Å². The van der Waals surface area contributed by atoms with Gasteiger partial charge in [-0.05, 0) is 23.8 Å². The molecule has 2 aromatic rings. The van der Waals surface area contributed by atoms with Crippen LogP contribution in [0.5, 0.6) is 11.5 Å². The third-order valence-corrected chi connectivity index (χ3v) is 6.56. The molecule has 1 N–H and O–H groups in total. The van der Waals surface area contributed by atoms with E-state index in [0.29, 0.717) is 24.6 Å². The van der Waals surface area contributed by atoms with Crippen molar-refractivity contribution in [1.82, 2.24) is 14.5 Å². The average Bonchev–Trinajstić information content (AvgIpc) is 2.74. The van der Waals surface area contributed by atoms with Gasteiger partial charge in [0.05, 0.1) is 19.1 Å². The molecule has 164 valence electrons. The van der Waals surface area contributed by atoms with E-state index in [0.717, 1.165) is 17.1 Å². The van der Waals surface area contributed by atoms with Gasteiger partial charge in [-0.2, -0.15) is 0 Å². The van der Waals surface area contributed by atoms with Crippen LogP contribution in [-0.2, 0) is 23.1 Å². The molecule has 0 aliphatic rings. The third kappa shape index (κ3) is 5.43. The number of nitrogens with one attached hydrogen (secondary N) is 1. The molecule has 0 saturated heterocycles. The second-order valence-electron chi connectivity index (χ2n) is 6.83. The van der Waals surface area contributed by atoms with Crippen molar-refractivity contribution in [1.29, 1.82) is 0 Å². The highest BCUT2D eigenvalue weighted by molar-refractivity contribution is 7.89. The fraction of sp³-hybridized carbons (Fsp3) is 0.381. The van der Waals surface area contributed by atoms with E-state index in [1.165, 1.54) is 18.4 Å². The van der Waals surface area contributed by atoms with Crippen LogP contribution in [0.2, 0.25) is 0 Å². The quantitative estimate of drug-likeness (QED) is 0.506. The summed E-state index contributed by atoms with van der Waals surface area (Å²) in [5.41, 5.74) is 1.64. The first kappa shape index (κ1) is 23.5. The van der Waals surface area contributed by atoms with Crippen LogP contribution in [0, 0.1) is 0 Å². The Kier molecular flexibility index (Phi) is 8.08. The number of hydrogen-bond donors (Lipinski definition) is 1. The standard InChI is InChI=1S/C21H30N4O4S/c1-22-21(25(4)15-17-11-12-18(28-5)13-19(17)29-6)23-14-16-9-7-8-10-20(16)30(26,27)24(2)3/h7-13H,14-15H2,1-6H3,(H,22,23). The van der Waals surface area contributed by atoms with E-state index in [4.69, 9.17) is 9.47 Å². The Balaban J connectivity index is 2.16. The number of nitrogens with zero attached hydrogens (tertiary/aromatic N) is 3. The highest BCUT2D eigenvalue weighted by atomic mass is 32.2. The Morgan fingerprint density at radius 3 is 2.33 bits per heavy atom. The lowest BCUT2D eigenvalue weighted by Gasteiger charge is -2.24. The maximum atomic E-state index is 12.6. The van der Waals surface area contributed by atoms with Crippen LogP contribution in [0.1, 0.15) is 11.1 Å². The Morgan fingerprint density at radius 1 is 1.03 bits per heavy atom. The van der Waals surface area contributed by atoms with Crippen molar-refractivity contribution in [2.24, 2.45) is 4.99 Å². The summed E-state index contributed by atoms with van der Waals surface area (Å²) in [7, 11) is 6.33. The molecule has 9 heteroatoms. The van der Waals surface area contributed by atoms with E-state index in [-0.39, 0.29) is 4.90 Å². The molecule has 0 unspecified atom stereocenters. The molecule has 0 aliphatic heterocycles. The number of benzene rings is 2. The zero-order chi connectivity index (χ0) is 22.3. The molecule has 0 atom stereocenters.